The van der Waals surface area contributed by atoms with Gasteiger partial charge >= 0.3 is 12.3 Å². The first-order chi connectivity index (χ1) is 12.3. The number of hydrogen-bond acceptors (Lipinski definition) is 4. The van der Waals surface area contributed by atoms with Gasteiger partial charge in [0.15, 0.2) is 0 Å². The van der Waals surface area contributed by atoms with Gasteiger partial charge in [0.25, 0.3) is 0 Å². The summed E-state index contributed by atoms with van der Waals surface area (Å²) in [4.78, 5) is 13.1. The molecular weight excluding hydrogens is 349 g/mol. The second kappa shape index (κ2) is 7.84. The fraction of sp³-hybridized carbons (Fsp3) is 0.611. The summed E-state index contributed by atoms with van der Waals surface area (Å²) in [5, 5.41) is 12.4. The molecule has 2 aliphatic rings. The minimum Gasteiger partial charge on any atom is -0.480 e. The number of carbonyl (C=O) groups is 1. The van der Waals surface area contributed by atoms with Gasteiger partial charge in [-0.15, -0.1) is 13.2 Å². The van der Waals surface area contributed by atoms with E-state index in [1.807, 2.05) is 0 Å². The molecule has 0 aliphatic heterocycles. The number of nitrogens with zero attached hydrogens (tertiary/aromatic N) is 1. The summed E-state index contributed by atoms with van der Waals surface area (Å²) in [7, 11) is 0. The fourth-order valence-corrected chi connectivity index (χ4v) is 3.32. The number of rotatable bonds is 9. The van der Waals surface area contributed by atoms with Crippen LogP contribution in [0.4, 0.5) is 13.2 Å². The van der Waals surface area contributed by atoms with Crippen molar-refractivity contribution in [2.24, 2.45) is 5.92 Å². The highest BCUT2D eigenvalue weighted by molar-refractivity contribution is 5.69. The van der Waals surface area contributed by atoms with Crippen molar-refractivity contribution in [3.63, 3.8) is 0 Å². The Morgan fingerprint density at radius 3 is 2.65 bits per heavy atom. The van der Waals surface area contributed by atoms with Crippen LogP contribution in [0, 0.1) is 5.92 Å². The van der Waals surface area contributed by atoms with Gasteiger partial charge in [0.1, 0.15) is 5.75 Å². The SMILES string of the molecule is O=C(O)CN(CC1CC1)C1CC(NCc2cccc(OC(F)(F)F)c2)C1. The number of nitrogens with one attached hydrogen (secondary N) is 1. The lowest BCUT2D eigenvalue weighted by Crippen LogP contribution is -2.54. The fourth-order valence-electron chi connectivity index (χ4n) is 3.32. The average Bonchev–Trinajstić information content (AvgIpc) is 3.27. The zero-order chi connectivity index (χ0) is 18.7. The van der Waals surface area contributed by atoms with Crippen molar-refractivity contribution in [3.05, 3.63) is 29.8 Å². The first-order valence-electron chi connectivity index (χ1n) is 8.82. The van der Waals surface area contributed by atoms with Crippen molar-refractivity contribution in [1.82, 2.24) is 10.2 Å². The lowest BCUT2D eigenvalue weighted by molar-refractivity contribution is -0.274. The van der Waals surface area contributed by atoms with E-state index in [1.54, 1.807) is 6.07 Å². The second-order valence-corrected chi connectivity index (χ2v) is 7.16. The van der Waals surface area contributed by atoms with E-state index in [0.29, 0.717) is 12.5 Å². The van der Waals surface area contributed by atoms with Crippen LogP contribution < -0.4 is 10.1 Å². The molecule has 0 amide bonds. The van der Waals surface area contributed by atoms with E-state index in [-0.39, 0.29) is 24.4 Å². The standard InChI is InChI=1S/C18H23F3N2O3/c19-18(20,21)26-16-3-1-2-13(6-16)9-22-14-7-15(8-14)23(11-17(24)25)10-12-4-5-12/h1-3,6,12,14-15,22H,4-5,7-11H2,(H,24,25). The number of ether oxygens (including phenoxy) is 1. The Bertz CT molecular complexity index is 628. The van der Waals surface area contributed by atoms with Crippen LogP contribution in [0.15, 0.2) is 24.3 Å². The summed E-state index contributed by atoms with van der Waals surface area (Å²) in [5.74, 6) is -0.387. The van der Waals surface area contributed by atoms with Crippen LogP contribution in [-0.2, 0) is 11.3 Å². The Morgan fingerprint density at radius 2 is 2.04 bits per heavy atom. The molecule has 0 radical (unpaired) electrons. The molecule has 0 heterocycles. The van der Waals surface area contributed by atoms with Crippen molar-refractivity contribution in [2.45, 2.75) is 50.7 Å². The molecule has 0 atom stereocenters. The lowest BCUT2D eigenvalue weighted by Gasteiger charge is -2.43. The Hall–Kier alpha value is -1.80. The number of carboxylic acid groups (broad SMARTS) is 1. The molecular formula is C18H23F3N2O3. The predicted molar refractivity (Wildman–Crippen MR) is 88.7 cm³/mol. The zero-order valence-electron chi connectivity index (χ0n) is 14.3. The number of alkyl halides is 3. The normalized spacial score (nSPS) is 22.9. The zero-order valence-corrected chi connectivity index (χ0v) is 14.3. The van der Waals surface area contributed by atoms with Gasteiger partial charge < -0.3 is 15.2 Å². The highest BCUT2D eigenvalue weighted by Gasteiger charge is 2.37. The summed E-state index contributed by atoms with van der Waals surface area (Å²) in [6.07, 6.45) is -0.610. The van der Waals surface area contributed by atoms with E-state index in [9.17, 15) is 18.0 Å². The van der Waals surface area contributed by atoms with Gasteiger partial charge in [-0.05, 0) is 49.3 Å². The van der Waals surface area contributed by atoms with E-state index < -0.39 is 12.3 Å². The maximum absolute atomic E-state index is 12.3. The van der Waals surface area contributed by atoms with Crippen molar-refractivity contribution < 1.29 is 27.8 Å². The van der Waals surface area contributed by atoms with Crippen molar-refractivity contribution >= 4 is 5.97 Å². The third-order valence-corrected chi connectivity index (χ3v) is 4.88. The van der Waals surface area contributed by atoms with Gasteiger partial charge in [-0.25, -0.2) is 0 Å². The molecule has 0 aromatic heterocycles. The van der Waals surface area contributed by atoms with Crippen LogP contribution >= 0.6 is 0 Å². The van der Waals surface area contributed by atoms with Gasteiger partial charge in [0, 0.05) is 25.2 Å². The molecule has 0 unspecified atom stereocenters. The molecule has 1 aromatic rings. The number of halogens is 3. The molecule has 2 saturated carbocycles. The Labute approximate surface area is 150 Å². The van der Waals surface area contributed by atoms with E-state index in [2.05, 4.69) is 15.0 Å². The van der Waals surface area contributed by atoms with Crippen LogP contribution in [0.5, 0.6) is 5.75 Å². The minimum atomic E-state index is -4.69. The summed E-state index contributed by atoms with van der Waals surface area (Å²) in [6.45, 7) is 1.37. The minimum absolute atomic E-state index is 0.0741. The van der Waals surface area contributed by atoms with Gasteiger partial charge in [0.05, 0.1) is 6.54 Å². The summed E-state index contributed by atoms with van der Waals surface area (Å²) in [6, 6.07) is 6.45. The van der Waals surface area contributed by atoms with Crippen LogP contribution in [0.3, 0.4) is 0 Å². The topological polar surface area (TPSA) is 61.8 Å². The van der Waals surface area contributed by atoms with E-state index in [1.165, 1.54) is 31.0 Å². The van der Waals surface area contributed by atoms with Gasteiger partial charge in [-0.2, -0.15) is 0 Å². The van der Waals surface area contributed by atoms with E-state index >= 15 is 0 Å². The molecule has 26 heavy (non-hydrogen) atoms. The monoisotopic (exact) mass is 372 g/mol. The predicted octanol–water partition coefficient (Wildman–Crippen LogP) is 3.00. The maximum atomic E-state index is 12.3. The van der Waals surface area contributed by atoms with Crippen molar-refractivity contribution in [2.75, 3.05) is 13.1 Å². The van der Waals surface area contributed by atoms with Crippen LogP contribution in [-0.4, -0.2) is 47.5 Å². The molecule has 0 bridgehead atoms. The molecule has 0 saturated heterocycles. The van der Waals surface area contributed by atoms with Crippen LogP contribution in [0.2, 0.25) is 0 Å². The summed E-state index contributed by atoms with van der Waals surface area (Å²) >= 11 is 0. The van der Waals surface area contributed by atoms with Gasteiger partial charge in [-0.3, -0.25) is 9.69 Å². The third-order valence-electron chi connectivity index (χ3n) is 4.88. The molecule has 2 aliphatic carbocycles. The molecule has 3 rings (SSSR count). The Balaban J connectivity index is 1.44. The largest absolute Gasteiger partial charge is 0.573 e. The van der Waals surface area contributed by atoms with Crippen LogP contribution in [0.1, 0.15) is 31.2 Å². The summed E-state index contributed by atoms with van der Waals surface area (Å²) in [5.41, 5.74) is 0.718. The molecule has 5 nitrogen and oxygen atoms in total. The number of hydrogen-bond donors (Lipinski definition) is 2. The number of benzene rings is 1. The Kier molecular flexibility index (Phi) is 5.72. The molecule has 8 heteroatoms. The molecule has 1 aromatic carbocycles. The highest BCUT2D eigenvalue weighted by atomic mass is 19.4. The smallest absolute Gasteiger partial charge is 0.480 e. The van der Waals surface area contributed by atoms with E-state index in [0.717, 1.165) is 24.9 Å². The van der Waals surface area contributed by atoms with Gasteiger partial charge in [0.2, 0.25) is 0 Å². The first kappa shape index (κ1) is 19.0. The Morgan fingerprint density at radius 1 is 1.31 bits per heavy atom. The molecule has 2 fully saturated rings. The molecule has 144 valence electrons. The highest BCUT2D eigenvalue weighted by Crippen LogP contribution is 2.34. The lowest BCUT2D eigenvalue weighted by atomic mass is 9.85. The third kappa shape index (κ3) is 5.88. The number of aliphatic carboxylic acids is 1. The molecule has 2 N–H and O–H groups in total. The van der Waals surface area contributed by atoms with Gasteiger partial charge in [-0.1, -0.05) is 12.1 Å². The average molecular weight is 372 g/mol. The number of carboxylic acids is 1. The van der Waals surface area contributed by atoms with Crippen LogP contribution in [0.25, 0.3) is 0 Å². The second-order valence-electron chi connectivity index (χ2n) is 7.16. The van der Waals surface area contributed by atoms with Crippen molar-refractivity contribution in [1.29, 1.82) is 0 Å². The first-order valence-corrected chi connectivity index (χ1v) is 8.82. The summed E-state index contributed by atoms with van der Waals surface area (Å²) < 4.78 is 40.7. The molecule has 0 spiro atoms. The maximum Gasteiger partial charge on any atom is 0.573 e. The quantitative estimate of drug-likeness (QED) is 0.698. The van der Waals surface area contributed by atoms with Crippen molar-refractivity contribution in [3.8, 4) is 5.75 Å². The van der Waals surface area contributed by atoms with E-state index in [4.69, 9.17) is 5.11 Å².